The third kappa shape index (κ3) is 4.46. The molecule has 1 N–H and O–H groups in total. The fraction of sp³-hybridized carbons (Fsp3) is 0.379. The van der Waals surface area contributed by atoms with E-state index in [1.807, 2.05) is 48.2 Å². The number of aryl methyl sites for hydroxylation is 2. The number of thiazole rings is 1. The summed E-state index contributed by atoms with van der Waals surface area (Å²) in [7, 11) is 0. The SMILES string of the molecule is Cc1cccc(-c2sc(C)nc2C(=O)N2C[C@@H]3CC(C)C[C@@H]3[C@H]2CNC(=O)c2nsc3ccccc23)c1. The van der Waals surface area contributed by atoms with E-state index in [-0.39, 0.29) is 17.9 Å². The van der Waals surface area contributed by atoms with Crippen molar-refractivity contribution in [3.63, 3.8) is 0 Å². The van der Waals surface area contributed by atoms with Gasteiger partial charge < -0.3 is 10.2 Å². The summed E-state index contributed by atoms with van der Waals surface area (Å²) in [6.45, 7) is 7.45. The molecule has 2 amide bonds. The highest BCUT2D eigenvalue weighted by Crippen LogP contribution is 2.46. The Bertz CT molecular complexity index is 1490. The minimum absolute atomic E-state index is 0.0266. The van der Waals surface area contributed by atoms with Gasteiger partial charge in [-0.1, -0.05) is 55.0 Å². The van der Waals surface area contributed by atoms with Gasteiger partial charge in [0.25, 0.3) is 11.8 Å². The van der Waals surface area contributed by atoms with Crippen molar-refractivity contribution in [1.82, 2.24) is 19.6 Å². The van der Waals surface area contributed by atoms with Crippen molar-refractivity contribution in [2.45, 2.75) is 39.7 Å². The zero-order chi connectivity index (χ0) is 25.7. The van der Waals surface area contributed by atoms with Gasteiger partial charge in [-0.05, 0) is 67.6 Å². The molecule has 1 aliphatic carbocycles. The molecule has 2 aliphatic rings. The van der Waals surface area contributed by atoms with Crippen molar-refractivity contribution in [2.75, 3.05) is 13.1 Å². The molecule has 0 bridgehead atoms. The molecule has 8 heteroatoms. The van der Waals surface area contributed by atoms with Gasteiger partial charge in [-0.3, -0.25) is 9.59 Å². The average Bonchev–Trinajstić information content (AvgIpc) is 3.64. The van der Waals surface area contributed by atoms with Crippen LogP contribution in [0.2, 0.25) is 0 Å². The van der Waals surface area contributed by atoms with E-state index in [1.54, 1.807) is 11.3 Å². The lowest BCUT2D eigenvalue weighted by atomic mass is 9.93. The van der Waals surface area contributed by atoms with Gasteiger partial charge in [0.05, 0.1) is 20.6 Å². The number of hydrogen-bond acceptors (Lipinski definition) is 6. The predicted molar refractivity (Wildman–Crippen MR) is 149 cm³/mol. The van der Waals surface area contributed by atoms with Crippen LogP contribution >= 0.6 is 22.9 Å². The van der Waals surface area contributed by atoms with Crippen LogP contribution < -0.4 is 5.32 Å². The molecule has 0 radical (unpaired) electrons. The first-order valence-corrected chi connectivity index (χ1v) is 14.5. The number of fused-ring (bicyclic) bond motifs is 2. The maximum absolute atomic E-state index is 14.1. The van der Waals surface area contributed by atoms with Crippen molar-refractivity contribution < 1.29 is 9.59 Å². The quantitative estimate of drug-likeness (QED) is 0.346. The van der Waals surface area contributed by atoms with Gasteiger partial charge in [-0.2, -0.15) is 4.37 Å². The van der Waals surface area contributed by atoms with Gasteiger partial charge in [0.1, 0.15) is 11.4 Å². The van der Waals surface area contributed by atoms with Crippen LogP contribution in [-0.2, 0) is 0 Å². The fourth-order valence-electron chi connectivity index (χ4n) is 6.26. The number of nitrogens with one attached hydrogen (secondary N) is 1. The van der Waals surface area contributed by atoms with Crippen LogP contribution in [0.3, 0.4) is 0 Å². The lowest BCUT2D eigenvalue weighted by Gasteiger charge is -2.28. The third-order valence-corrected chi connectivity index (χ3v) is 9.70. The lowest BCUT2D eigenvalue weighted by Crippen LogP contribution is -2.46. The molecule has 2 fully saturated rings. The number of carbonyl (C=O) groups excluding carboxylic acids is 2. The Labute approximate surface area is 224 Å². The van der Waals surface area contributed by atoms with Crippen molar-refractivity contribution >= 4 is 44.8 Å². The molecular weight excluding hydrogens is 500 g/mol. The first-order valence-electron chi connectivity index (χ1n) is 12.9. The fourth-order valence-corrected chi connectivity index (χ4v) is 7.94. The van der Waals surface area contributed by atoms with Gasteiger partial charge in [0.2, 0.25) is 0 Å². The number of carbonyl (C=O) groups is 2. The van der Waals surface area contributed by atoms with Crippen LogP contribution in [0.5, 0.6) is 0 Å². The zero-order valence-electron chi connectivity index (χ0n) is 21.2. The molecule has 37 heavy (non-hydrogen) atoms. The largest absolute Gasteiger partial charge is 0.349 e. The Morgan fingerprint density at radius 2 is 1.92 bits per heavy atom. The van der Waals surface area contributed by atoms with E-state index in [0.29, 0.717) is 35.7 Å². The highest BCUT2D eigenvalue weighted by atomic mass is 32.1. The van der Waals surface area contributed by atoms with Gasteiger partial charge in [0.15, 0.2) is 0 Å². The van der Waals surface area contributed by atoms with E-state index in [9.17, 15) is 9.59 Å². The summed E-state index contributed by atoms with van der Waals surface area (Å²) >= 11 is 2.91. The molecule has 2 aromatic heterocycles. The standard InChI is InChI=1S/C29H30N4O2S2/c1-16-7-6-8-19(11-16)27-26(31-18(3)36-27)29(35)33-15-20-12-17(2)13-22(20)23(33)14-30-28(34)25-21-9-4-5-10-24(21)37-32-25/h4-11,17,20,22-23H,12-15H2,1-3H3,(H,30,34)/t17?,20-,22-,23+/m0/s1. The molecule has 4 atom stereocenters. The Kier molecular flexibility index (Phi) is 6.32. The Hall–Kier alpha value is -3.10. The second-order valence-corrected chi connectivity index (χ2v) is 12.6. The number of nitrogens with zero attached hydrogens (tertiary/aromatic N) is 3. The van der Waals surface area contributed by atoms with Gasteiger partial charge in [-0.15, -0.1) is 11.3 Å². The number of rotatable bonds is 5. The summed E-state index contributed by atoms with van der Waals surface area (Å²) in [5.74, 6) is 1.28. The molecule has 6 nitrogen and oxygen atoms in total. The average molecular weight is 531 g/mol. The highest BCUT2D eigenvalue weighted by Gasteiger charge is 2.48. The molecular formula is C29H30N4O2S2. The maximum atomic E-state index is 14.1. The summed E-state index contributed by atoms with van der Waals surface area (Å²) in [6, 6.07) is 16.0. The van der Waals surface area contributed by atoms with Crippen LogP contribution in [0.1, 0.15) is 51.3 Å². The molecule has 4 aromatic rings. The van der Waals surface area contributed by atoms with E-state index >= 15 is 0 Å². The van der Waals surface area contributed by atoms with Gasteiger partial charge in [-0.25, -0.2) is 4.98 Å². The second kappa shape index (κ2) is 9.65. The number of benzene rings is 2. The first-order chi connectivity index (χ1) is 17.9. The van der Waals surface area contributed by atoms with Crippen LogP contribution in [0.15, 0.2) is 48.5 Å². The van der Waals surface area contributed by atoms with Crippen molar-refractivity contribution in [3.8, 4) is 10.4 Å². The predicted octanol–water partition coefficient (Wildman–Crippen LogP) is 5.95. The monoisotopic (exact) mass is 530 g/mol. The molecule has 1 saturated heterocycles. The lowest BCUT2D eigenvalue weighted by molar-refractivity contribution is 0.0692. The Morgan fingerprint density at radius 3 is 2.76 bits per heavy atom. The van der Waals surface area contributed by atoms with E-state index < -0.39 is 0 Å². The van der Waals surface area contributed by atoms with E-state index in [2.05, 4.69) is 35.7 Å². The Morgan fingerprint density at radius 1 is 1.08 bits per heavy atom. The van der Waals surface area contributed by atoms with Gasteiger partial charge in [0, 0.05) is 18.5 Å². The summed E-state index contributed by atoms with van der Waals surface area (Å²) in [5, 5.41) is 4.89. The van der Waals surface area contributed by atoms with Gasteiger partial charge >= 0.3 is 0 Å². The van der Waals surface area contributed by atoms with E-state index in [4.69, 9.17) is 4.98 Å². The Balaban J connectivity index is 1.27. The highest BCUT2D eigenvalue weighted by molar-refractivity contribution is 7.15. The smallest absolute Gasteiger partial charge is 0.274 e. The summed E-state index contributed by atoms with van der Waals surface area (Å²) in [4.78, 5) is 34.9. The number of hydrogen-bond donors (Lipinski definition) is 1. The van der Waals surface area contributed by atoms with Crippen molar-refractivity contribution in [3.05, 3.63) is 70.5 Å². The van der Waals surface area contributed by atoms with Crippen LogP contribution in [-0.4, -0.2) is 45.2 Å². The molecule has 0 spiro atoms. The molecule has 6 rings (SSSR count). The number of aromatic nitrogens is 2. The molecule has 1 saturated carbocycles. The number of amides is 2. The van der Waals surface area contributed by atoms with Crippen LogP contribution in [0.4, 0.5) is 0 Å². The molecule has 1 unspecified atom stereocenters. The minimum atomic E-state index is -0.177. The van der Waals surface area contributed by atoms with Crippen LogP contribution in [0, 0.1) is 31.6 Å². The third-order valence-electron chi connectivity index (χ3n) is 7.85. The molecule has 1 aliphatic heterocycles. The minimum Gasteiger partial charge on any atom is -0.349 e. The summed E-state index contributed by atoms with van der Waals surface area (Å²) in [6.07, 6.45) is 2.20. The van der Waals surface area contributed by atoms with Crippen molar-refractivity contribution in [2.24, 2.45) is 17.8 Å². The summed E-state index contributed by atoms with van der Waals surface area (Å²) < 4.78 is 5.41. The molecule has 2 aromatic carbocycles. The normalized spacial score (nSPS) is 22.9. The van der Waals surface area contributed by atoms with Crippen LogP contribution in [0.25, 0.3) is 20.5 Å². The van der Waals surface area contributed by atoms with E-state index in [1.165, 1.54) is 11.5 Å². The van der Waals surface area contributed by atoms with E-state index in [0.717, 1.165) is 50.5 Å². The zero-order valence-corrected chi connectivity index (χ0v) is 22.9. The first kappa shape index (κ1) is 24.2. The molecule has 190 valence electrons. The number of likely N-dealkylation sites (tertiary alicyclic amines) is 1. The molecule has 3 heterocycles. The van der Waals surface area contributed by atoms with Crippen molar-refractivity contribution in [1.29, 1.82) is 0 Å². The second-order valence-electron chi connectivity index (χ2n) is 10.5. The maximum Gasteiger partial charge on any atom is 0.274 e. The topological polar surface area (TPSA) is 75.2 Å². The summed E-state index contributed by atoms with van der Waals surface area (Å²) in [5.41, 5.74) is 3.18.